The first-order chi connectivity index (χ1) is 6.66. The summed E-state index contributed by atoms with van der Waals surface area (Å²) >= 11 is 5.91. The Morgan fingerprint density at radius 1 is 1.50 bits per heavy atom. The predicted octanol–water partition coefficient (Wildman–Crippen LogP) is 2.61. The van der Waals surface area contributed by atoms with Crippen LogP contribution in [0.2, 0.25) is 5.02 Å². The Hall–Kier alpha value is -0.730. The molecule has 2 nitrogen and oxygen atoms in total. The van der Waals surface area contributed by atoms with E-state index < -0.39 is 0 Å². The SMILES string of the molecule is Cc1cc(Cl)cc(CNC2CC2)c1O. The second-order valence-electron chi connectivity index (χ2n) is 3.89. The molecule has 0 radical (unpaired) electrons. The largest absolute Gasteiger partial charge is 0.507 e. The van der Waals surface area contributed by atoms with Gasteiger partial charge in [-0.3, -0.25) is 0 Å². The molecular formula is C11H14ClNO. The van der Waals surface area contributed by atoms with Crippen molar-refractivity contribution >= 4 is 11.6 Å². The summed E-state index contributed by atoms with van der Waals surface area (Å²) in [6.45, 7) is 2.57. The monoisotopic (exact) mass is 211 g/mol. The fourth-order valence-electron chi connectivity index (χ4n) is 1.48. The van der Waals surface area contributed by atoms with E-state index in [1.54, 1.807) is 6.07 Å². The van der Waals surface area contributed by atoms with Crippen LogP contribution in [0.15, 0.2) is 12.1 Å². The zero-order valence-electron chi connectivity index (χ0n) is 8.18. The Balaban J connectivity index is 2.13. The Kier molecular flexibility index (Phi) is 2.66. The van der Waals surface area contributed by atoms with E-state index >= 15 is 0 Å². The van der Waals surface area contributed by atoms with Crippen molar-refractivity contribution in [1.29, 1.82) is 0 Å². The van der Waals surface area contributed by atoms with Crippen LogP contribution < -0.4 is 5.32 Å². The molecule has 76 valence electrons. The highest BCUT2D eigenvalue weighted by Crippen LogP contribution is 2.27. The lowest BCUT2D eigenvalue weighted by molar-refractivity contribution is 0.460. The maximum Gasteiger partial charge on any atom is 0.123 e. The molecule has 2 rings (SSSR count). The fourth-order valence-corrected chi connectivity index (χ4v) is 1.78. The van der Waals surface area contributed by atoms with Gasteiger partial charge in [-0.1, -0.05) is 11.6 Å². The van der Waals surface area contributed by atoms with E-state index in [0.717, 1.165) is 11.1 Å². The highest BCUT2D eigenvalue weighted by atomic mass is 35.5. The zero-order chi connectivity index (χ0) is 10.1. The van der Waals surface area contributed by atoms with Crippen LogP contribution in [0.1, 0.15) is 24.0 Å². The van der Waals surface area contributed by atoms with Gasteiger partial charge in [-0.05, 0) is 37.5 Å². The van der Waals surface area contributed by atoms with Crippen LogP contribution in [-0.2, 0) is 6.54 Å². The van der Waals surface area contributed by atoms with Crippen molar-refractivity contribution in [3.63, 3.8) is 0 Å². The Bertz CT molecular complexity index is 347. The molecule has 1 aliphatic rings. The molecule has 3 heteroatoms. The minimum atomic E-state index is 0.363. The topological polar surface area (TPSA) is 32.3 Å². The highest BCUT2D eigenvalue weighted by Gasteiger charge is 2.20. The molecule has 0 aliphatic heterocycles. The van der Waals surface area contributed by atoms with E-state index in [0.29, 0.717) is 23.4 Å². The Labute approximate surface area is 88.9 Å². The van der Waals surface area contributed by atoms with E-state index in [9.17, 15) is 5.11 Å². The number of aromatic hydroxyl groups is 1. The average Bonchev–Trinajstić information content (AvgIpc) is 2.92. The third kappa shape index (κ3) is 2.20. The van der Waals surface area contributed by atoms with Gasteiger partial charge in [-0.15, -0.1) is 0 Å². The number of benzene rings is 1. The molecule has 1 saturated carbocycles. The number of hydrogen-bond acceptors (Lipinski definition) is 2. The third-order valence-electron chi connectivity index (χ3n) is 2.50. The second-order valence-corrected chi connectivity index (χ2v) is 4.32. The van der Waals surface area contributed by atoms with Crippen molar-refractivity contribution in [1.82, 2.24) is 5.32 Å². The molecule has 0 aromatic heterocycles. The van der Waals surface area contributed by atoms with Gasteiger partial charge in [-0.2, -0.15) is 0 Å². The van der Waals surface area contributed by atoms with Gasteiger partial charge in [0.1, 0.15) is 5.75 Å². The van der Waals surface area contributed by atoms with Crippen molar-refractivity contribution < 1.29 is 5.11 Å². The first kappa shape index (κ1) is 9.81. The van der Waals surface area contributed by atoms with Gasteiger partial charge >= 0.3 is 0 Å². The van der Waals surface area contributed by atoms with E-state index in [-0.39, 0.29) is 0 Å². The molecule has 0 atom stereocenters. The minimum Gasteiger partial charge on any atom is -0.507 e. The number of hydrogen-bond donors (Lipinski definition) is 2. The molecule has 0 amide bonds. The number of halogens is 1. The summed E-state index contributed by atoms with van der Waals surface area (Å²) in [5.41, 5.74) is 1.73. The second kappa shape index (κ2) is 3.79. The van der Waals surface area contributed by atoms with Gasteiger partial charge in [0.15, 0.2) is 0 Å². The first-order valence-corrected chi connectivity index (χ1v) is 5.26. The van der Waals surface area contributed by atoms with Gasteiger partial charge in [0, 0.05) is 23.2 Å². The normalized spacial score (nSPS) is 15.9. The van der Waals surface area contributed by atoms with E-state index in [1.165, 1.54) is 12.8 Å². The molecule has 0 heterocycles. The number of phenols is 1. The number of aryl methyl sites for hydroxylation is 1. The van der Waals surface area contributed by atoms with Gasteiger partial charge in [-0.25, -0.2) is 0 Å². The quantitative estimate of drug-likeness (QED) is 0.806. The smallest absolute Gasteiger partial charge is 0.123 e. The van der Waals surface area contributed by atoms with Gasteiger partial charge in [0.2, 0.25) is 0 Å². The van der Waals surface area contributed by atoms with E-state index in [1.807, 2.05) is 13.0 Å². The summed E-state index contributed by atoms with van der Waals surface area (Å²) in [7, 11) is 0. The standard InChI is InChI=1S/C11H14ClNO/c1-7-4-9(12)5-8(11(7)14)6-13-10-2-3-10/h4-5,10,13-14H,2-3,6H2,1H3. The first-order valence-electron chi connectivity index (χ1n) is 4.88. The van der Waals surface area contributed by atoms with E-state index in [2.05, 4.69) is 5.32 Å². The molecule has 14 heavy (non-hydrogen) atoms. The van der Waals surface area contributed by atoms with Crippen LogP contribution in [0.25, 0.3) is 0 Å². The third-order valence-corrected chi connectivity index (χ3v) is 2.72. The van der Waals surface area contributed by atoms with E-state index in [4.69, 9.17) is 11.6 Å². The molecule has 0 spiro atoms. The Morgan fingerprint density at radius 3 is 2.86 bits per heavy atom. The minimum absolute atomic E-state index is 0.363. The molecule has 1 fully saturated rings. The van der Waals surface area contributed by atoms with Crippen LogP contribution in [0.3, 0.4) is 0 Å². The molecule has 0 bridgehead atoms. The lowest BCUT2D eigenvalue weighted by Gasteiger charge is -2.08. The maximum atomic E-state index is 9.76. The predicted molar refractivity (Wildman–Crippen MR) is 57.7 cm³/mol. The lowest BCUT2D eigenvalue weighted by Crippen LogP contribution is -2.15. The van der Waals surface area contributed by atoms with Crippen molar-refractivity contribution in [2.75, 3.05) is 0 Å². The summed E-state index contributed by atoms with van der Waals surface area (Å²) in [4.78, 5) is 0. The summed E-state index contributed by atoms with van der Waals surface area (Å²) in [5.74, 6) is 0.363. The number of rotatable bonds is 3. The summed E-state index contributed by atoms with van der Waals surface area (Å²) in [5, 5.41) is 13.8. The van der Waals surface area contributed by atoms with Crippen LogP contribution in [0.5, 0.6) is 5.75 Å². The van der Waals surface area contributed by atoms with Crippen LogP contribution in [0.4, 0.5) is 0 Å². The highest BCUT2D eigenvalue weighted by molar-refractivity contribution is 6.30. The fraction of sp³-hybridized carbons (Fsp3) is 0.455. The molecule has 1 aliphatic carbocycles. The summed E-state index contributed by atoms with van der Waals surface area (Å²) < 4.78 is 0. The lowest BCUT2D eigenvalue weighted by atomic mass is 10.1. The zero-order valence-corrected chi connectivity index (χ0v) is 8.93. The molecule has 2 N–H and O–H groups in total. The Morgan fingerprint density at radius 2 is 2.21 bits per heavy atom. The van der Waals surface area contributed by atoms with Gasteiger partial charge in [0.05, 0.1) is 0 Å². The van der Waals surface area contributed by atoms with Crippen molar-refractivity contribution in [2.24, 2.45) is 0 Å². The summed E-state index contributed by atoms with van der Waals surface area (Å²) in [6.07, 6.45) is 2.50. The number of phenolic OH excluding ortho intramolecular Hbond substituents is 1. The average molecular weight is 212 g/mol. The molecular weight excluding hydrogens is 198 g/mol. The van der Waals surface area contributed by atoms with Gasteiger partial charge in [0.25, 0.3) is 0 Å². The van der Waals surface area contributed by atoms with Crippen LogP contribution >= 0.6 is 11.6 Å². The van der Waals surface area contributed by atoms with Gasteiger partial charge < -0.3 is 10.4 Å². The van der Waals surface area contributed by atoms with Crippen LogP contribution in [0, 0.1) is 6.92 Å². The molecule has 0 saturated heterocycles. The molecule has 0 unspecified atom stereocenters. The molecule has 1 aromatic rings. The number of nitrogens with one attached hydrogen (secondary N) is 1. The molecule has 1 aromatic carbocycles. The van der Waals surface area contributed by atoms with Crippen molar-refractivity contribution in [2.45, 2.75) is 32.4 Å². The van der Waals surface area contributed by atoms with Crippen LogP contribution in [-0.4, -0.2) is 11.1 Å². The summed E-state index contributed by atoms with van der Waals surface area (Å²) in [6, 6.07) is 4.24. The van der Waals surface area contributed by atoms with Crippen molar-refractivity contribution in [3.8, 4) is 5.75 Å². The maximum absolute atomic E-state index is 9.76. The van der Waals surface area contributed by atoms with Crippen molar-refractivity contribution in [3.05, 3.63) is 28.3 Å².